The Bertz CT molecular complexity index is 3300. The third-order valence-electron chi connectivity index (χ3n) is 15.4. The largest absolute Gasteiger partial charge is 0.453 e. The number of aliphatic hydroxyl groups excluding tert-OH is 1. The molecule has 14 heteroatoms. The van der Waals surface area contributed by atoms with Crippen LogP contribution in [0.25, 0.3) is 55.1 Å². The predicted molar refractivity (Wildman–Crippen MR) is 261 cm³/mol. The van der Waals surface area contributed by atoms with Gasteiger partial charge in [0.2, 0.25) is 5.91 Å². The van der Waals surface area contributed by atoms with Gasteiger partial charge in [0.15, 0.2) is 0 Å². The number of aromatic amines is 2. The normalized spacial score (nSPS) is 24.3. The van der Waals surface area contributed by atoms with E-state index in [1.54, 1.807) is 0 Å². The van der Waals surface area contributed by atoms with Gasteiger partial charge < -0.3 is 40.5 Å². The van der Waals surface area contributed by atoms with Gasteiger partial charge in [0.1, 0.15) is 23.9 Å². The number of carbonyl (C=O) groups is 3. The van der Waals surface area contributed by atoms with Crippen molar-refractivity contribution in [3.63, 3.8) is 0 Å². The van der Waals surface area contributed by atoms with Crippen molar-refractivity contribution in [3.8, 4) is 22.3 Å². The Hall–Kier alpha value is -7.55. The van der Waals surface area contributed by atoms with Crippen LogP contribution in [0.2, 0.25) is 0 Å². The molecule has 69 heavy (non-hydrogen) atoms. The van der Waals surface area contributed by atoms with Gasteiger partial charge in [-0.15, -0.1) is 0 Å². The van der Waals surface area contributed by atoms with Gasteiger partial charge in [-0.1, -0.05) is 104 Å². The van der Waals surface area contributed by atoms with Crippen molar-refractivity contribution in [3.05, 3.63) is 156 Å². The lowest BCUT2D eigenvalue weighted by molar-refractivity contribution is -0.123. The summed E-state index contributed by atoms with van der Waals surface area (Å²) in [6, 6.07) is 43.2. The zero-order valence-electron chi connectivity index (χ0n) is 38.3. The molecule has 5 aliphatic rings. The van der Waals surface area contributed by atoms with Crippen molar-refractivity contribution in [1.29, 1.82) is 0 Å². The number of aryl methyl sites for hydroxylation is 1. The monoisotopic (exact) mass is 920 g/mol. The Labute approximate surface area is 397 Å². The average Bonchev–Trinajstić information content (AvgIpc) is 4.14. The third-order valence-corrected chi connectivity index (χ3v) is 15.4. The highest BCUT2D eigenvalue weighted by Gasteiger charge is 2.93. The molecule has 13 rings (SSSR count). The molecule has 10 unspecified atom stereocenters. The number of piperidine rings is 1. The van der Waals surface area contributed by atoms with Crippen LogP contribution in [0.4, 0.5) is 9.59 Å². The number of benzene rings is 6. The number of fused-ring (bicyclic) bond motifs is 4. The topological polar surface area (TPSA) is 187 Å². The second-order valence-corrected chi connectivity index (χ2v) is 19.4. The number of hydrogen-bond donors (Lipinski definition) is 6. The Balaban J connectivity index is 0.714. The van der Waals surface area contributed by atoms with Crippen molar-refractivity contribution < 1.29 is 29.0 Å². The van der Waals surface area contributed by atoms with Crippen LogP contribution in [0.1, 0.15) is 60.7 Å². The lowest BCUT2D eigenvalue weighted by atomic mass is 9.97. The summed E-state index contributed by atoms with van der Waals surface area (Å²) in [6.07, 6.45) is 0.282. The zero-order chi connectivity index (χ0) is 47.1. The van der Waals surface area contributed by atoms with Gasteiger partial charge in [-0.05, 0) is 117 Å². The van der Waals surface area contributed by atoms with E-state index >= 15 is 0 Å². The lowest BCUT2D eigenvalue weighted by Crippen LogP contribution is -2.47. The Morgan fingerprint density at radius 1 is 0.725 bits per heavy atom. The molecule has 2 aliphatic heterocycles. The Morgan fingerprint density at radius 3 is 1.93 bits per heavy atom. The minimum Gasteiger partial charge on any atom is -0.453 e. The molecular formula is C55H52N8O6. The van der Waals surface area contributed by atoms with Crippen molar-refractivity contribution in [1.82, 2.24) is 40.8 Å². The number of hydrogen-bond acceptors (Lipinski definition) is 9. The molecule has 6 N–H and O–H groups in total. The van der Waals surface area contributed by atoms with E-state index in [9.17, 15) is 19.5 Å². The zero-order valence-corrected chi connectivity index (χ0v) is 38.3. The summed E-state index contributed by atoms with van der Waals surface area (Å²) < 4.78 is 9.73. The number of methoxy groups -OCH3 is 2. The first-order valence-electron chi connectivity index (χ1n) is 23.7. The highest BCUT2D eigenvalue weighted by molar-refractivity contribution is 5.93. The smallest absolute Gasteiger partial charge is 0.407 e. The minimum atomic E-state index is -0.983. The molecule has 8 aromatic rings. The maximum Gasteiger partial charge on any atom is 0.407 e. The van der Waals surface area contributed by atoms with E-state index in [0.717, 1.165) is 91.6 Å². The number of H-pyrrole nitrogens is 2. The number of aliphatic hydroxyl groups is 1. The van der Waals surface area contributed by atoms with Gasteiger partial charge in [-0.3, -0.25) is 9.69 Å². The molecule has 0 radical (unpaired) electrons. The number of nitrogens with zero attached hydrogens (tertiary/aromatic N) is 3. The first-order chi connectivity index (χ1) is 33.6. The fourth-order valence-corrected chi connectivity index (χ4v) is 11.6. The summed E-state index contributed by atoms with van der Waals surface area (Å²) >= 11 is 0. The maximum atomic E-state index is 13.2. The van der Waals surface area contributed by atoms with E-state index in [1.165, 1.54) is 14.2 Å². The molecular weight excluding hydrogens is 869 g/mol. The molecule has 348 valence electrons. The fourth-order valence-electron chi connectivity index (χ4n) is 11.6. The van der Waals surface area contributed by atoms with Crippen LogP contribution < -0.4 is 16.0 Å². The predicted octanol–water partition coefficient (Wildman–Crippen LogP) is 8.87. The molecule has 14 nitrogen and oxygen atoms in total. The number of aromatic nitrogens is 4. The summed E-state index contributed by atoms with van der Waals surface area (Å²) in [5, 5.41) is 23.0. The van der Waals surface area contributed by atoms with Crippen molar-refractivity contribution >= 4 is 50.9 Å². The van der Waals surface area contributed by atoms with Crippen LogP contribution in [0.3, 0.4) is 0 Å². The molecule has 2 bridgehead atoms. The quantitative estimate of drug-likeness (QED) is 0.0620. The number of ether oxygens (including phenoxy) is 2. The summed E-state index contributed by atoms with van der Waals surface area (Å²) in [5.41, 5.74) is 9.71. The average molecular weight is 921 g/mol. The molecule has 2 saturated heterocycles. The van der Waals surface area contributed by atoms with E-state index in [-0.39, 0.29) is 29.4 Å². The SMILES string of the molecule is COC(=O)NC(C(=O)NC1CC1CCc1nc2ccc(-c3ccc4cc(-c5ccc6nc(C7C8C9C(N7C(O)C(NC(=O)OC)c7ccccc7)C89C)[nH]c6c5)ccc4c3)cc2[nH]1)c1ccccc1. The standard InChI is InChI=1S/C55H52N8O6/c1-55-44-45(55)49(55)63(52(65)47(62-54(67)69-3)30-12-8-5-9-13-30)48(44)50-58-39-22-19-36(27-42(39)59-50)34-17-15-31-24-33(16-14-32(31)25-34)35-18-21-38-41(26-35)57-43(56-38)23-20-37-28-40(37)60-51(64)46(61-53(66)68-2)29-10-6-4-7-11-29/h4-19,21-22,24-27,37,40,44-49,52,65H,20,23,28H2,1-3H3,(H,56,57)(H,58,59)(H,60,64)(H,61,66)(H,62,67). The molecule has 6 aromatic carbocycles. The van der Waals surface area contributed by atoms with Crippen molar-refractivity contribution in [2.24, 2.45) is 23.2 Å². The van der Waals surface area contributed by atoms with Crippen molar-refractivity contribution in [2.75, 3.05) is 14.2 Å². The van der Waals surface area contributed by atoms with Gasteiger partial charge in [0, 0.05) is 18.5 Å². The van der Waals surface area contributed by atoms with Gasteiger partial charge in [-0.2, -0.15) is 0 Å². The third kappa shape index (κ3) is 7.54. The molecule has 4 heterocycles. The second kappa shape index (κ2) is 16.6. The summed E-state index contributed by atoms with van der Waals surface area (Å²) in [5.74, 6) is 2.70. The second-order valence-electron chi connectivity index (χ2n) is 19.4. The van der Waals surface area contributed by atoms with E-state index < -0.39 is 30.5 Å². The highest BCUT2D eigenvalue weighted by Crippen LogP contribution is 2.90. The molecule has 10 atom stereocenters. The van der Waals surface area contributed by atoms with Crippen LogP contribution in [0.5, 0.6) is 0 Å². The van der Waals surface area contributed by atoms with Gasteiger partial charge in [-0.25, -0.2) is 19.6 Å². The van der Waals surface area contributed by atoms with Crippen LogP contribution in [-0.4, -0.2) is 80.6 Å². The number of imidazole rings is 2. The van der Waals surface area contributed by atoms with E-state index in [1.807, 2.05) is 60.7 Å². The van der Waals surface area contributed by atoms with Gasteiger partial charge in [0.05, 0.1) is 48.4 Å². The highest BCUT2D eigenvalue weighted by atomic mass is 16.5. The molecule has 2 aromatic heterocycles. The molecule has 3 aliphatic carbocycles. The van der Waals surface area contributed by atoms with Crippen LogP contribution in [-0.2, 0) is 20.7 Å². The Morgan fingerprint density at radius 2 is 1.29 bits per heavy atom. The molecule has 3 saturated carbocycles. The van der Waals surface area contributed by atoms with Crippen LogP contribution >= 0.6 is 0 Å². The van der Waals surface area contributed by atoms with Crippen LogP contribution in [0.15, 0.2) is 133 Å². The van der Waals surface area contributed by atoms with Crippen LogP contribution in [0, 0.1) is 23.2 Å². The van der Waals surface area contributed by atoms with Gasteiger partial charge >= 0.3 is 12.2 Å². The summed E-state index contributed by atoms with van der Waals surface area (Å²) in [7, 11) is 2.62. The molecule has 3 amide bonds. The summed E-state index contributed by atoms with van der Waals surface area (Å²) in [4.78, 5) is 57.1. The minimum absolute atomic E-state index is 0.0436. The molecule has 5 fully saturated rings. The first-order valence-corrected chi connectivity index (χ1v) is 23.7. The number of alkyl carbamates (subject to hydrolysis) is 2. The van der Waals surface area contributed by atoms with E-state index in [4.69, 9.17) is 19.4 Å². The lowest BCUT2D eigenvalue weighted by Gasteiger charge is -2.34. The van der Waals surface area contributed by atoms with Crippen molar-refractivity contribution in [2.45, 2.75) is 62.6 Å². The first kappa shape index (κ1) is 42.8. The maximum absolute atomic E-state index is 13.2. The van der Waals surface area contributed by atoms with E-state index in [0.29, 0.717) is 23.3 Å². The number of carbonyl (C=O) groups excluding carboxylic acids is 3. The summed E-state index contributed by atoms with van der Waals surface area (Å²) in [6.45, 7) is 2.30. The number of nitrogens with one attached hydrogen (secondary N) is 5. The number of rotatable bonds is 14. The van der Waals surface area contributed by atoms with E-state index in [2.05, 4.69) is 111 Å². The fraction of sp³-hybridized carbons (Fsp3) is 0.291. The number of amides is 3. The Kier molecular flexibility index (Phi) is 10.3. The molecule has 0 spiro atoms. The van der Waals surface area contributed by atoms with Gasteiger partial charge in [0.25, 0.3) is 0 Å².